The van der Waals surface area contributed by atoms with Gasteiger partial charge in [-0.1, -0.05) is 52.0 Å². The number of nitrogens with zero attached hydrogens (tertiary/aromatic N) is 1. The van der Waals surface area contributed by atoms with Crippen LogP contribution >= 0.6 is 0 Å². The van der Waals surface area contributed by atoms with Crippen LogP contribution in [-0.2, 0) is 7.05 Å². The molecule has 2 aromatic carbocycles. The fraction of sp³-hybridized carbons (Fsp3) is 0.364. The zero-order valence-corrected chi connectivity index (χ0v) is 17.1. The maximum absolute atomic E-state index is 5.56. The molecule has 4 rings (SSSR count). The number of fused-ring (bicyclic) bond motifs is 5. The number of ether oxygens (including phenoxy) is 1. The maximum atomic E-state index is 5.56. The third kappa shape index (κ3) is 1.90. The molecule has 0 N–H and O–H groups in total. The third-order valence-corrected chi connectivity index (χ3v) is 12.6. The second kappa shape index (κ2) is 5.50. The monoisotopic (exact) mass is 349 g/mol. The summed E-state index contributed by atoms with van der Waals surface area (Å²) in [5.41, 5.74) is 5.49. The first-order chi connectivity index (χ1) is 11.9. The molecule has 0 spiro atoms. The van der Waals surface area contributed by atoms with E-state index in [2.05, 4.69) is 81.8 Å². The van der Waals surface area contributed by atoms with Gasteiger partial charge in [-0.3, -0.25) is 0 Å². The first-order valence-electron chi connectivity index (χ1n) is 9.21. The van der Waals surface area contributed by atoms with Gasteiger partial charge in [0.25, 0.3) is 0 Å². The molecule has 2 heterocycles. The lowest BCUT2D eigenvalue weighted by Crippen LogP contribution is -2.60. The molecule has 3 aromatic rings. The number of aromatic nitrogens is 1. The molecule has 130 valence electrons. The van der Waals surface area contributed by atoms with E-state index in [4.69, 9.17) is 4.74 Å². The second-order valence-corrected chi connectivity index (χ2v) is 13.0. The van der Waals surface area contributed by atoms with Crippen molar-refractivity contribution in [3.8, 4) is 17.0 Å². The van der Waals surface area contributed by atoms with E-state index in [-0.39, 0.29) is 0 Å². The maximum Gasteiger partial charge on any atom is 0.127 e. The van der Waals surface area contributed by atoms with Crippen LogP contribution in [0.5, 0.6) is 5.75 Å². The van der Waals surface area contributed by atoms with Gasteiger partial charge in [0.05, 0.1) is 7.11 Å². The number of benzene rings is 2. The second-order valence-electron chi connectivity index (χ2n) is 7.89. The van der Waals surface area contributed by atoms with E-state index >= 15 is 0 Å². The molecule has 1 aromatic heterocycles. The topological polar surface area (TPSA) is 14.2 Å². The Morgan fingerprint density at radius 1 is 0.960 bits per heavy atom. The molecule has 0 unspecified atom stereocenters. The third-order valence-electron chi connectivity index (χ3n) is 6.27. The van der Waals surface area contributed by atoms with Crippen LogP contribution in [-0.4, -0.2) is 19.8 Å². The highest BCUT2D eigenvalue weighted by Gasteiger charge is 2.52. The molecule has 1 aliphatic heterocycles. The smallest absolute Gasteiger partial charge is 0.127 e. The highest BCUT2D eigenvalue weighted by Crippen LogP contribution is 2.44. The Labute approximate surface area is 151 Å². The van der Waals surface area contributed by atoms with Crippen LogP contribution in [0.1, 0.15) is 27.7 Å². The zero-order chi connectivity index (χ0) is 17.9. The molecule has 0 bridgehead atoms. The van der Waals surface area contributed by atoms with Gasteiger partial charge >= 0.3 is 0 Å². The van der Waals surface area contributed by atoms with Crippen molar-refractivity contribution in [1.29, 1.82) is 0 Å². The first-order valence-corrected chi connectivity index (χ1v) is 11.4. The minimum absolute atomic E-state index is 0.645. The van der Waals surface area contributed by atoms with Crippen LogP contribution < -0.4 is 15.1 Å². The molecule has 0 radical (unpaired) electrons. The van der Waals surface area contributed by atoms with Gasteiger partial charge < -0.3 is 9.30 Å². The first kappa shape index (κ1) is 16.5. The SMILES string of the molecule is COc1ccc2c(c1)c1c(n2C)-c2ccccc2[Si]1(C(C)C)C(C)C. The van der Waals surface area contributed by atoms with Gasteiger partial charge in [0.1, 0.15) is 13.8 Å². The predicted molar refractivity (Wildman–Crippen MR) is 110 cm³/mol. The van der Waals surface area contributed by atoms with Crippen molar-refractivity contribution >= 4 is 29.4 Å². The number of aryl methyl sites for hydroxylation is 1. The van der Waals surface area contributed by atoms with Crippen LogP contribution in [0.2, 0.25) is 11.1 Å². The minimum Gasteiger partial charge on any atom is -0.497 e. The molecule has 25 heavy (non-hydrogen) atoms. The summed E-state index contributed by atoms with van der Waals surface area (Å²) in [6, 6.07) is 15.7. The molecule has 0 saturated heterocycles. The summed E-state index contributed by atoms with van der Waals surface area (Å²) < 4.78 is 7.97. The quantitative estimate of drug-likeness (QED) is 0.633. The van der Waals surface area contributed by atoms with E-state index in [9.17, 15) is 0 Å². The fourth-order valence-corrected chi connectivity index (χ4v) is 11.7. The fourth-order valence-electron chi connectivity index (χ4n) is 5.34. The molecular formula is C22H27NOSi. The molecule has 0 saturated carbocycles. The number of rotatable bonds is 3. The van der Waals surface area contributed by atoms with Crippen LogP contribution in [0.4, 0.5) is 0 Å². The van der Waals surface area contributed by atoms with E-state index in [1.165, 1.54) is 22.2 Å². The summed E-state index contributed by atoms with van der Waals surface area (Å²) in [4.78, 5) is 0. The summed E-state index contributed by atoms with van der Waals surface area (Å²) in [5, 5.41) is 4.63. The van der Waals surface area contributed by atoms with Crippen molar-refractivity contribution in [2.75, 3.05) is 7.11 Å². The Morgan fingerprint density at radius 3 is 2.28 bits per heavy atom. The van der Waals surface area contributed by atoms with Crippen LogP contribution in [0, 0.1) is 0 Å². The van der Waals surface area contributed by atoms with Crippen molar-refractivity contribution in [1.82, 2.24) is 4.57 Å². The van der Waals surface area contributed by atoms with E-state index in [0.29, 0.717) is 11.1 Å². The lowest BCUT2D eigenvalue weighted by atomic mass is 10.1. The molecule has 0 fully saturated rings. The van der Waals surface area contributed by atoms with E-state index < -0.39 is 8.07 Å². The summed E-state index contributed by atoms with van der Waals surface area (Å²) in [5.74, 6) is 0.951. The Morgan fingerprint density at radius 2 is 1.64 bits per heavy atom. The van der Waals surface area contributed by atoms with Crippen molar-refractivity contribution in [3.63, 3.8) is 0 Å². The molecule has 0 amide bonds. The Hall–Kier alpha value is -2.00. The normalized spacial score (nSPS) is 15.0. The number of hydrogen-bond acceptors (Lipinski definition) is 1. The van der Waals surface area contributed by atoms with Crippen LogP contribution in [0.25, 0.3) is 22.2 Å². The minimum atomic E-state index is -1.88. The predicted octanol–water partition coefficient (Wildman–Crippen LogP) is 4.55. The van der Waals surface area contributed by atoms with Gasteiger partial charge in [0, 0.05) is 23.6 Å². The van der Waals surface area contributed by atoms with Gasteiger partial charge in [0.15, 0.2) is 0 Å². The highest BCUT2D eigenvalue weighted by molar-refractivity contribution is 7.08. The lowest BCUT2D eigenvalue weighted by Gasteiger charge is -2.37. The van der Waals surface area contributed by atoms with E-state index in [1.807, 2.05) is 0 Å². The van der Waals surface area contributed by atoms with E-state index in [0.717, 1.165) is 5.75 Å². The van der Waals surface area contributed by atoms with Gasteiger partial charge in [-0.25, -0.2) is 0 Å². The van der Waals surface area contributed by atoms with Crippen molar-refractivity contribution in [3.05, 3.63) is 42.5 Å². The molecule has 0 atom stereocenters. The molecule has 1 aliphatic rings. The lowest BCUT2D eigenvalue weighted by molar-refractivity contribution is 0.415. The largest absolute Gasteiger partial charge is 0.497 e. The Kier molecular flexibility index (Phi) is 3.62. The highest BCUT2D eigenvalue weighted by atomic mass is 28.3. The standard InChI is InChI=1S/C22H27NOSi/c1-14(2)25(15(3)4)20-10-8-7-9-17(20)21-22(25)18-13-16(24-6)11-12-19(18)23(21)5/h7-15H,1-6H3. The average Bonchev–Trinajstić information content (AvgIpc) is 3.06. The van der Waals surface area contributed by atoms with Gasteiger partial charge in [-0.15, -0.1) is 0 Å². The Bertz CT molecular complexity index is 960. The van der Waals surface area contributed by atoms with Gasteiger partial charge in [-0.2, -0.15) is 0 Å². The van der Waals surface area contributed by atoms with Gasteiger partial charge in [0.2, 0.25) is 0 Å². The van der Waals surface area contributed by atoms with Crippen LogP contribution in [0.3, 0.4) is 0 Å². The van der Waals surface area contributed by atoms with Crippen molar-refractivity contribution < 1.29 is 4.74 Å². The summed E-state index contributed by atoms with van der Waals surface area (Å²) >= 11 is 0. The molecule has 0 aliphatic carbocycles. The number of methoxy groups -OCH3 is 1. The summed E-state index contributed by atoms with van der Waals surface area (Å²) in [7, 11) is 2.09. The molecule has 3 heteroatoms. The number of hydrogen-bond donors (Lipinski definition) is 0. The van der Waals surface area contributed by atoms with Crippen molar-refractivity contribution in [2.24, 2.45) is 7.05 Å². The Balaban J connectivity index is 2.23. The van der Waals surface area contributed by atoms with Crippen LogP contribution in [0.15, 0.2) is 42.5 Å². The van der Waals surface area contributed by atoms with E-state index in [1.54, 1.807) is 17.5 Å². The molecule has 2 nitrogen and oxygen atoms in total. The summed E-state index contributed by atoms with van der Waals surface area (Å²) in [6.07, 6.45) is 0. The van der Waals surface area contributed by atoms with Gasteiger partial charge in [-0.05, 0) is 45.2 Å². The summed E-state index contributed by atoms with van der Waals surface area (Å²) in [6.45, 7) is 9.71. The average molecular weight is 350 g/mol. The molecular weight excluding hydrogens is 322 g/mol. The van der Waals surface area contributed by atoms with Crippen molar-refractivity contribution in [2.45, 2.75) is 38.8 Å². The zero-order valence-electron chi connectivity index (χ0n) is 16.1.